The van der Waals surface area contributed by atoms with Gasteiger partial charge < -0.3 is 32.8 Å². The van der Waals surface area contributed by atoms with Crippen molar-refractivity contribution in [2.24, 2.45) is 0 Å². The Balaban J connectivity index is 0. The molecular weight excluding hydrogens is 791 g/mol. The second-order valence-corrected chi connectivity index (χ2v) is 6.48. The Morgan fingerprint density at radius 1 is 1.45 bits per heavy atom. The van der Waals surface area contributed by atoms with Crippen LogP contribution in [0.4, 0.5) is 5.69 Å². The predicted octanol–water partition coefficient (Wildman–Crippen LogP) is 4.60. The van der Waals surface area contributed by atoms with Crippen LogP contribution in [0.2, 0.25) is 5.02 Å². The SMILES string of the molecule is C.II.Nc1c(Cl)cc(C(=O)NC2CCNCC2)c2c1CCO2.[CH2-]CCOC.[W]. The molecule has 1 amide bonds. The average molecular weight is 823 g/mol. The molecule has 1 saturated heterocycles. The molecule has 2 aliphatic rings. The largest absolute Gasteiger partial charge is 0.492 e. The van der Waals surface area contributed by atoms with Crippen molar-refractivity contribution in [2.45, 2.75) is 39.2 Å². The first kappa shape index (κ1) is 31.8. The fourth-order valence-corrected chi connectivity index (χ4v) is 3.13. The molecule has 0 saturated carbocycles. The normalized spacial score (nSPS) is 14.4. The van der Waals surface area contributed by atoms with E-state index in [2.05, 4.69) is 59.5 Å². The second kappa shape index (κ2) is 18.2. The molecule has 0 spiro atoms. The van der Waals surface area contributed by atoms with Gasteiger partial charge in [-0.2, -0.15) is 6.42 Å². The van der Waals surface area contributed by atoms with Crippen LogP contribution in [0.25, 0.3) is 0 Å². The molecule has 1 fully saturated rings. The first-order valence-corrected chi connectivity index (χ1v) is 15.4. The zero-order chi connectivity index (χ0) is 20.2. The number of fused-ring (bicyclic) bond motifs is 1. The van der Waals surface area contributed by atoms with Crippen molar-refractivity contribution in [2.75, 3.05) is 39.1 Å². The maximum absolute atomic E-state index is 12.4. The fraction of sp³-hybridized carbons (Fsp3) is 0.579. The van der Waals surface area contributed by atoms with Gasteiger partial charge >= 0.3 is 0 Å². The summed E-state index contributed by atoms with van der Waals surface area (Å²) in [5.41, 5.74) is 7.81. The van der Waals surface area contributed by atoms with Crippen molar-refractivity contribution < 1.29 is 35.3 Å². The van der Waals surface area contributed by atoms with Gasteiger partial charge in [0.25, 0.3) is 5.91 Å². The summed E-state index contributed by atoms with van der Waals surface area (Å²) in [4.78, 5) is 12.4. The number of nitrogens with one attached hydrogen (secondary N) is 2. The van der Waals surface area contributed by atoms with Crippen molar-refractivity contribution in [3.63, 3.8) is 0 Å². The van der Waals surface area contributed by atoms with Crippen LogP contribution in [0.5, 0.6) is 5.75 Å². The summed E-state index contributed by atoms with van der Waals surface area (Å²) in [7, 11) is 1.67. The van der Waals surface area contributed by atoms with Gasteiger partial charge in [0, 0.05) is 90.0 Å². The Labute approximate surface area is 217 Å². The molecule has 1 aromatic carbocycles. The number of amides is 1. The third-order valence-corrected chi connectivity index (χ3v) is 4.55. The Kier molecular flexibility index (Phi) is 20.0. The van der Waals surface area contributed by atoms with Crippen LogP contribution in [0.15, 0.2) is 6.07 Å². The van der Waals surface area contributed by atoms with E-state index in [4.69, 9.17) is 22.1 Å². The van der Waals surface area contributed by atoms with Crippen molar-refractivity contribution in [3.8, 4) is 5.75 Å². The minimum absolute atomic E-state index is 0. The van der Waals surface area contributed by atoms with Gasteiger partial charge in [-0.3, -0.25) is 4.79 Å². The third-order valence-electron chi connectivity index (χ3n) is 4.24. The summed E-state index contributed by atoms with van der Waals surface area (Å²) in [6, 6.07) is 1.81. The summed E-state index contributed by atoms with van der Waals surface area (Å²) in [6.45, 7) is 6.74. The standard InChI is InChI=1S/C14H18ClN3O2.C4H9O.CH4.I2.W/c15-11-7-10(13-9(12(11)16)3-6-20-13)14(19)18-8-1-4-17-5-2-8;1-3-4-5-2;;1-2;/h7-8,17H,1-6,16H2,(H,18,19);1,3-4H2,2H3;1H4;;/q;-1;;;. The van der Waals surface area contributed by atoms with Crippen LogP contribution in [0, 0.1) is 6.92 Å². The molecule has 0 aliphatic carbocycles. The number of carbonyl (C=O) groups is 1. The molecule has 2 aliphatic heterocycles. The van der Waals surface area contributed by atoms with E-state index in [1.165, 1.54) is 0 Å². The number of rotatable bonds is 4. The number of nitrogens with two attached hydrogens (primary N) is 1. The van der Waals surface area contributed by atoms with Crippen molar-refractivity contribution in [1.82, 2.24) is 10.6 Å². The van der Waals surface area contributed by atoms with Crippen LogP contribution in [0.1, 0.15) is 42.6 Å². The summed E-state index contributed by atoms with van der Waals surface area (Å²) in [5, 5.41) is 6.75. The second-order valence-electron chi connectivity index (χ2n) is 6.07. The number of methoxy groups -OCH3 is 1. The zero-order valence-corrected chi connectivity index (χ0v) is 23.9. The number of piperidine rings is 1. The Bertz CT molecular complexity index is 605. The van der Waals surface area contributed by atoms with Crippen LogP contribution >= 0.6 is 48.8 Å². The minimum atomic E-state index is -0.128. The molecule has 2 heterocycles. The van der Waals surface area contributed by atoms with E-state index in [1.807, 2.05) is 0 Å². The molecule has 0 radical (unpaired) electrons. The molecule has 0 unspecified atom stereocenters. The Morgan fingerprint density at radius 3 is 2.59 bits per heavy atom. The van der Waals surface area contributed by atoms with Gasteiger partial charge in [0.1, 0.15) is 5.75 Å². The number of anilines is 1. The molecule has 0 atom stereocenters. The van der Waals surface area contributed by atoms with Gasteiger partial charge in [0.2, 0.25) is 0 Å². The van der Waals surface area contributed by atoms with E-state index in [0.717, 1.165) is 44.5 Å². The number of ether oxygens (including phenoxy) is 2. The molecule has 0 bridgehead atoms. The van der Waals surface area contributed by atoms with E-state index in [9.17, 15) is 4.79 Å². The van der Waals surface area contributed by atoms with Gasteiger partial charge in [-0.05, 0) is 32.0 Å². The maximum Gasteiger partial charge on any atom is 0.255 e. The van der Waals surface area contributed by atoms with Gasteiger partial charge in [-0.15, -0.1) is 0 Å². The Hall–Kier alpha value is 0.648. The quantitative estimate of drug-likeness (QED) is 0.235. The number of carbonyl (C=O) groups excluding carboxylic acids is 1. The summed E-state index contributed by atoms with van der Waals surface area (Å²) >= 11 is 10.4. The topological polar surface area (TPSA) is 85.6 Å². The maximum atomic E-state index is 12.4. The van der Waals surface area contributed by atoms with Crippen LogP contribution < -0.4 is 21.1 Å². The molecule has 4 N–H and O–H groups in total. The average Bonchev–Trinajstić information content (AvgIpc) is 3.18. The van der Waals surface area contributed by atoms with Crippen molar-refractivity contribution in [1.29, 1.82) is 0 Å². The summed E-state index contributed by atoms with van der Waals surface area (Å²) in [5.74, 6) is 0.468. The molecule has 3 rings (SSSR count). The van der Waals surface area contributed by atoms with Gasteiger partial charge in [-0.25, -0.2) is 0 Å². The molecule has 168 valence electrons. The van der Waals surface area contributed by atoms with Crippen molar-refractivity contribution in [3.05, 3.63) is 29.1 Å². The summed E-state index contributed by atoms with van der Waals surface area (Å²) in [6.07, 6.45) is 3.46. The van der Waals surface area contributed by atoms with Crippen LogP contribution in [0.3, 0.4) is 0 Å². The first-order chi connectivity index (χ1) is 13.1. The van der Waals surface area contributed by atoms with Crippen LogP contribution in [-0.4, -0.2) is 45.4 Å². The Morgan fingerprint density at radius 2 is 2.07 bits per heavy atom. The number of hydrogen-bond acceptors (Lipinski definition) is 5. The molecule has 6 nitrogen and oxygen atoms in total. The van der Waals surface area contributed by atoms with E-state index in [1.54, 1.807) is 13.2 Å². The number of nitrogen functional groups attached to an aromatic ring is 1. The fourth-order valence-electron chi connectivity index (χ4n) is 2.91. The smallest absolute Gasteiger partial charge is 0.255 e. The first-order valence-electron chi connectivity index (χ1n) is 8.76. The van der Waals surface area contributed by atoms with Gasteiger partial charge in [-0.1, -0.05) is 19.0 Å². The number of benzene rings is 1. The molecule has 10 heteroatoms. The monoisotopic (exact) mass is 822 g/mol. The molecule has 0 aromatic heterocycles. The molecule has 1 aromatic rings. The number of halogens is 3. The van der Waals surface area contributed by atoms with E-state index >= 15 is 0 Å². The van der Waals surface area contributed by atoms with Gasteiger partial charge in [0.15, 0.2) is 0 Å². The van der Waals surface area contributed by atoms with E-state index in [0.29, 0.717) is 35.1 Å². The van der Waals surface area contributed by atoms with Crippen molar-refractivity contribution >= 4 is 60.4 Å². The van der Waals surface area contributed by atoms with Gasteiger partial charge in [0.05, 0.1) is 22.9 Å². The third kappa shape index (κ3) is 10.2. The van der Waals surface area contributed by atoms with Crippen LogP contribution in [-0.2, 0) is 32.2 Å². The zero-order valence-electron chi connectivity index (χ0n) is 15.9. The van der Waals surface area contributed by atoms with E-state index < -0.39 is 0 Å². The number of hydrogen-bond donors (Lipinski definition) is 3. The minimum Gasteiger partial charge on any atom is -0.492 e. The molecular formula is C19H31ClI2N3O3W-. The predicted molar refractivity (Wildman–Crippen MR) is 135 cm³/mol. The summed E-state index contributed by atoms with van der Waals surface area (Å²) < 4.78 is 10.2. The molecule has 29 heavy (non-hydrogen) atoms. The van der Waals surface area contributed by atoms with E-state index in [-0.39, 0.29) is 40.4 Å².